The molecule has 0 aliphatic carbocycles. The van der Waals surface area contributed by atoms with Gasteiger partial charge in [0.1, 0.15) is 0 Å². The quantitative estimate of drug-likeness (QED) is 0.619. The Bertz CT molecular complexity index is 461. The topological polar surface area (TPSA) is 39.7 Å². The molecule has 0 aromatic carbocycles. The Morgan fingerprint density at radius 3 is 2.65 bits per heavy atom. The van der Waals surface area contributed by atoms with Crippen molar-refractivity contribution in [2.75, 3.05) is 33.2 Å². The molecule has 1 atom stereocenters. The van der Waals surface area contributed by atoms with E-state index in [0.29, 0.717) is 12.0 Å². The molecule has 2 heterocycles. The number of nitrogens with zero attached hydrogens (tertiary/aromatic N) is 2. The van der Waals surface area contributed by atoms with Crippen LogP contribution in [0.5, 0.6) is 0 Å². The normalized spacial score (nSPS) is 19.1. The summed E-state index contributed by atoms with van der Waals surface area (Å²) in [6.45, 7) is 11.4. The summed E-state index contributed by atoms with van der Waals surface area (Å²) in [4.78, 5) is 8.39. The third-order valence-corrected chi connectivity index (χ3v) is 5.48. The van der Waals surface area contributed by atoms with Gasteiger partial charge >= 0.3 is 0 Å². The van der Waals surface area contributed by atoms with Crippen LogP contribution in [-0.4, -0.2) is 50.1 Å². The molecule has 1 aliphatic heterocycles. The van der Waals surface area contributed by atoms with Crippen LogP contribution in [0.1, 0.15) is 44.4 Å². The zero-order chi connectivity index (χ0) is 16.7. The van der Waals surface area contributed by atoms with E-state index in [1.165, 1.54) is 37.4 Å². The van der Waals surface area contributed by atoms with Crippen molar-refractivity contribution in [2.24, 2.45) is 10.9 Å². The molecule has 1 aliphatic rings. The van der Waals surface area contributed by atoms with Crippen LogP contribution in [0.4, 0.5) is 0 Å². The maximum atomic E-state index is 4.39. The van der Waals surface area contributed by atoms with Gasteiger partial charge in [-0.15, -0.1) is 11.3 Å². The fourth-order valence-electron chi connectivity index (χ4n) is 3.09. The zero-order valence-corrected chi connectivity index (χ0v) is 15.8. The van der Waals surface area contributed by atoms with Gasteiger partial charge in [0.25, 0.3) is 0 Å². The second-order valence-electron chi connectivity index (χ2n) is 6.98. The van der Waals surface area contributed by atoms with Crippen LogP contribution in [0.2, 0.25) is 0 Å². The summed E-state index contributed by atoms with van der Waals surface area (Å²) in [5.41, 5.74) is 0. The van der Waals surface area contributed by atoms with E-state index in [4.69, 9.17) is 0 Å². The summed E-state index contributed by atoms with van der Waals surface area (Å²) in [6, 6.07) is 4.87. The highest BCUT2D eigenvalue weighted by molar-refractivity contribution is 7.10. The lowest BCUT2D eigenvalue weighted by atomic mass is 10.0. The van der Waals surface area contributed by atoms with Gasteiger partial charge in [-0.2, -0.15) is 0 Å². The van der Waals surface area contributed by atoms with E-state index in [2.05, 4.69) is 58.8 Å². The van der Waals surface area contributed by atoms with Crippen LogP contribution in [0.25, 0.3) is 0 Å². The van der Waals surface area contributed by atoms with Crippen LogP contribution in [-0.2, 0) is 0 Å². The lowest BCUT2D eigenvalue weighted by molar-refractivity contribution is 0.187. The fourth-order valence-corrected chi connectivity index (χ4v) is 3.87. The first-order valence-corrected chi connectivity index (χ1v) is 9.69. The van der Waals surface area contributed by atoms with Crippen LogP contribution in [0, 0.1) is 5.92 Å². The number of piperidine rings is 1. The number of likely N-dealkylation sites (tertiary alicyclic amines) is 1. The average molecular weight is 337 g/mol. The van der Waals surface area contributed by atoms with Crippen molar-refractivity contribution in [1.29, 1.82) is 0 Å². The zero-order valence-electron chi connectivity index (χ0n) is 15.0. The van der Waals surface area contributed by atoms with Crippen molar-refractivity contribution in [3.05, 3.63) is 22.4 Å². The fraction of sp³-hybridized carbons (Fsp3) is 0.722. The van der Waals surface area contributed by atoms with Gasteiger partial charge in [-0.25, -0.2) is 0 Å². The van der Waals surface area contributed by atoms with Crippen molar-refractivity contribution in [1.82, 2.24) is 15.5 Å². The molecule has 23 heavy (non-hydrogen) atoms. The minimum absolute atomic E-state index is 0.515. The number of hydrogen-bond donors (Lipinski definition) is 2. The van der Waals surface area contributed by atoms with Crippen molar-refractivity contribution >= 4 is 17.3 Å². The highest BCUT2D eigenvalue weighted by Gasteiger charge is 2.20. The molecule has 1 fully saturated rings. The van der Waals surface area contributed by atoms with Gasteiger partial charge in [-0.1, -0.05) is 26.8 Å². The molecule has 0 radical (unpaired) electrons. The molecule has 1 aromatic heterocycles. The van der Waals surface area contributed by atoms with E-state index in [1.54, 1.807) is 0 Å². The monoisotopic (exact) mass is 336 g/mol. The Morgan fingerprint density at radius 2 is 2.09 bits per heavy atom. The molecule has 0 spiro atoms. The second-order valence-corrected chi connectivity index (χ2v) is 7.96. The molecular formula is C18H32N4S. The third kappa shape index (κ3) is 6.15. The molecule has 5 heteroatoms. The van der Waals surface area contributed by atoms with Gasteiger partial charge in [0.05, 0.1) is 0 Å². The van der Waals surface area contributed by atoms with Crippen LogP contribution < -0.4 is 10.6 Å². The summed E-state index contributed by atoms with van der Waals surface area (Å²) in [5, 5.41) is 9.22. The van der Waals surface area contributed by atoms with Crippen molar-refractivity contribution in [3.63, 3.8) is 0 Å². The first kappa shape index (κ1) is 18.3. The van der Waals surface area contributed by atoms with E-state index < -0.39 is 0 Å². The molecule has 1 saturated heterocycles. The first-order valence-electron chi connectivity index (χ1n) is 8.81. The Morgan fingerprint density at radius 1 is 1.35 bits per heavy atom. The molecule has 1 aromatic rings. The summed E-state index contributed by atoms with van der Waals surface area (Å²) in [7, 11) is 1.86. The van der Waals surface area contributed by atoms with E-state index in [-0.39, 0.29) is 0 Å². The maximum absolute atomic E-state index is 4.39. The number of aliphatic imine (C=N–C) groups is 1. The number of nitrogens with one attached hydrogen (secondary N) is 2. The number of guanidine groups is 1. The van der Waals surface area contributed by atoms with Gasteiger partial charge in [-0.05, 0) is 30.2 Å². The standard InChI is InChI=1S/C18H32N4S/c1-14(2)13-22-9-7-16(8-10-22)21-18(19-4)20-12-15(3)17-6-5-11-23-17/h5-6,11,14-16H,7-10,12-13H2,1-4H3,(H2,19,20,21). The largest absolute Gasteiger partial charge is 0.356 e. The predicted octanol–water partition coefficient (Wildman–Crippen LogP) is 3.14. The highest BCUT2D eigenvalue weighted by atomic mass is 32.1. The van der Waals surface area contributed by atoms with Gasteiger partial charge in [-0.3, -0.25) is 4.99 Å². The first-order chi connectivity index (χ1) is 11.1. The molecule has 130 valence electrons. The SMILES string of the molecule is CN=C(NCC(C)c1cccs1)NC1CCN(CC(C)C)CC1. The van der Waals surface area contributed by atoms with E-state index >= 15 is 0 Å². The molecule has 1 unspecified atom stereocenters. The van der Waals surface area contributed by atoms with Crippen LogP contribution >= 0.6 is 11.3 Å². The molecule has 2 rings (SSSR count). The molecular weight excluding hydrogens is 304 g/mol. The van der Waals surface area contributed by atoms with Gasteiger partial charge in [0.15, 0.2) is 5.96 Å². The minimum atomic E-state index is 0.515. The number of rotatable bonds is 6. The van der Waals surface area contributed by atoms with Crippen molar-refractivity contribution in [3.8, 4) is 0 Å². The number of hydrogen-bond acceptors (Lipinski definition) is 3. The summed E-state index contributed by atoms with van der Waals surface area (Å²) in [6.07, 6.45) is 2.40. The van der Waals surface area contributed by atoms with Crippen LogP contribution in [0.3, 0.4) is 0 Å². The van der Waals surface area contributed by atoms with E-state index in [9.17, 15) is 0 Å². The Balaban J connectivity index is 1.71. The van der Waals surface area contributed by atoms with Gasteiger partial charge in [0.2, 0.25) is 0 Å². The molecule has 0 saturated carbocycles. The molecule has 0 amide bonds. The average Bonchev–Trinajstić information content (AvgIpc) is 3.06. The lowest BCUT2D eigenvalue weighted by Crippen LogP contribution is -2.49. The van der Waals surface area contributed by atoms with Crippen molar-refractivity contribution < 1.29 is 0 Å². The Labute approximate surface area is 145 Å². The molecule has 0 bridgehead atoms. The summed E-state index contributed by atoms with van der Waals surface area (Å²) < 4.78 is 0. The smallest absolute Gasteiger partial charge is 0.191 e. The third-order valence-electron chi connectivity index (χ3n) is 4.38. The molecule has 4 nitrogen and oxygen atoms in total. The van der Waals surface area contributed by atoms with Crippen LogP contribution in [0.15, 0.2) is 22.5 Å². The number of thiophene rings is 1. The van der Waals surface area contributed by atoms with E-state index in [0.717, 1.165) is 18.4 Å². The molecule has 2 N–H and O–H groups in total. The highest BCUT2D eigenvalue weighted by Crippen LogP contribution is 2.19. The maximum Gasteiger partial charge on any atom is 0.191 e. The predicted molar refractivity (Wildman–Crippen MR) is 102 cm³/mol. The van der Waals surface area contributed by atoms with Gasteiger partial charge < -0.3 is 15.5 Å². The Hall–Kier alpha value is -1.07. The van der Waals surface area contributed by atoms with E-state index in [1.807, 2.05) is 18.4 Å². The Kier molecular flexibility index (Phi) is 7.37. The van der Waals surface area contributed by atoms with Gasteiger partial charge in [0, 0.05) is 50.1 Å². The van der Waals surface area contributed by atoms with Crippen molar-refractivity contribution in [2.45, 2.75) is 45.6 Å². The summed E-state index contributed by atoms with van der Waals surface area (Å²) >= 11 is 1.83. The second kappa shape index (κ2) is 9.28. The lowest BCUT2D eigenvalue weighted by Gasteiger charge is -2.34. The minimum Gasteiger partial charge on any atom is -0.356 e. The summed E-state index contributed by atoms with van der Waals surface area (Å²) in [5.74, 6) is 2.21.